The van der Waals surface area contributed by atoms with Crippen LogP contribution in [0.3, 0.4) is 0 Å². The van der Waals surface area contributed by atoms with Crippen molar-refractivity contribution in [3.05, 3.63) is 75.4 Å². The van der Waals surface area contributed by atoms with Gasteiger partial charge < -0.3 is 5.32 Å². The zero-order chi connectivity index (χ0) is 19.7. The van der Waals surface area contributed by atoms with Gasteiger partial charge in [0.2, 0.25) is 5.91 Å². The van der Waals surface area contributed by atoms with Crippen molar-refractivity contribution < 1.29 is 14.4 Å². The lowest BCUT2D eigenvalue weighted by molar-refractivity contribution is -0.116. The van der Waals surface area contributed by atoms with Crippen molar-refractivity contribution in [3.8, 4) is 0 Å². The molecule has 1 heterocycles. The Morgan fingerprint density at radius 3 is 2.18 bits per heavy atom. The van der Waals surface area contributed by atoms with E-state index in [1.807, 2.05) is 48.5 Å². The van der Waals surface area contributed by atoms with Gasteiger partial charge in [-0.2, -0.15) is 0 Å². The Labute approximate surface area is 175 Å². The smallest absolute Gasteiger partial charge is 0.261 e. The summed E-state index contributed by atoms with van der Waals surface area (Å²) >= 11 is 2.16. The zero-order valence-electron chi connectivity index (χ0n) is 14.9. The van der Waals surface area contributed by atoms with Crippen LogP contribution in [0.25, 0.3) is 10.8 Å². The number of halogens is 1. The number of para-hydroxylation sites is 1. The minimum atomic E-state index is -0.299. The number of hydrogen-bond acceptors (Lipinski definition) is 3. The highest BCUT2D eigenvalue weighted by Crippen LogP contribution is 2.30. The minimum absolute atomic E-state index is 0.136. The van der Waals surface area contributed by atoms with Crippen molar-refractivity contribution in [2.24, 2.45) is 0 Å². The second-order valence-corrected chi connectivity index (χ2v) is 7.76. The van der Waals surface area contributed by atoms with Gasteiger partial charge in [0.25, 0.3) is 11.8 Å². The van der Waals surface area contributed by atoms with Gasteiger partial charge in [-0.3, -0.25) is 19.3 Å². The molecular formula is C22H17IN2O3. The van der Waals surface area contributed by atoms with E-state index in [1.54, 1.807) is 12.1 Å². The van der Waals surface area contributed by atoms with Gasteiger partial charge in [0.1, 0.15) is 0 Å². The van der Waals surface area contributed by atoms with E-state index in [9.17, 15) is 14.4 Å². The van der Waals surface area contributed by atoms with E-state index < -0.39 is 0 Å². The van der Waals surface area contributed by atoms with Crippen LogP contribution in [0.15, 0.2) is 60.7 Å². The van der Waals surface area contributed by atoms with Crippen LogP contribution in [0.4, 0.5) is 5.69 Å². The van der Waals surface area contributed by atoms with Gasteiger partial charge in [-0.15, -0.1) is 0 Å². The molecule has 0 spiro atoms. The van der Waals surface area contributed by atoms with Crippen molar-refractivity contribution >= 4 is 56.8 Å². The number of carbonyl (C=O) groups excluding carboxylic acids is 3. The first kappa shape index (κ1) is 18.6. The van der Waals surface area contributed by atoms with Gasteiger partial charge in [0, 0.05) is 33.0 Å². The molecule has 1 N–H and O–H groups in total. The van der Waals surface area contributed by atoms with E-state index in [2.05, 4.69) is 27.9 Å². The molecule has 4 rings (SSSR count). The topological polar surface area (TPSA) is 66.5 Å². The molecule has 3 aromatic carbocycles. The quantitative estimate of drug-likeness (QED) is 0.430. The summed E-state index contributed by atoms with van der Waals surface area (Å²) in [6.07, 6.45) is 0.638. The molecule has 6 heteroatoms. The van der Waals surface area contributed by atoms with Crippen molar-refractivity contribution in [2.75, 3.05) is 11.9 Å². The van der Waals surface area contributed by atoms with Crippen LogP contribution >= 0.6 is 22.6 Å². The van der Waals surface area contributed by atoms with Crippen molar-refractivity contribution in [3.63, 3.8) is 0 Å². The first-order chi connectivity index (χ1) is 13.6. The molecule has 3 aromatic rings. The van der Waals surface area contributed by atoms with E-state index in [0.717, 1.165) is 14.6 Å². The van der Waals surface area contributed by atoms with Crippen LogP contribution in [0.2, 0.25) is 0 Å². The average molecular weight is 484 g/mol. The fraction of sp³-hybridized carbons (Fsp3) is 0.136. The molecular weight excluding hydrogens is 467 g/mol. The highest BCUT2D eigenvalue weighted by atomic mass is 127. The Kier molecular flexibility index (Phi) is 5.13. The van der Waals surface area contributed by atoms with Gasteiger partial charge in [0.05, 0.1) is 5.69 Å². The highest BCUT2D eigenvalue weighted by molar-refractivity contribution is 14.1. The molecule has 0 unspecified atom stereocenters. The van der Waals surface area contributed by atoms with Gasteiger partial charge in [-0.05, 0) is 58.7 Å². The number of imide groups is 1. The standard InChI is InChI=1S/C22H17IN2O3/c23-17-10-1-2-11-18(17)24-19(26)12-5-13-25-21(27)15-8-3-6-14-7-4-9-16(20(14)15)22(25)28/h1-4,6-11H,5,12-13H2,(H,24,26). The lowest BCUT2D eigenvalue weighted by Gasteiger charge is -2.27. The summed E-state index contributed by atoms with van der Waals surface area (Å²) in [5.41, 5.74) is 1.84. The van der Waals surface area contributed by atoms with Crippen molar-refractivity contribution in [2.45, 2.75) is 12.8 Å². The van der Waals surface area contributed by atoms with Crippen molar-refractivity contribution in [1.29, 1.82) is 0 Å². The predicted octanol–water partition coefficient (Wildman–Crippen LogP) is 4.46. The summed E-state index contributed by atoms with van der Waals surface area (Å²) < 4.78 is 0.958. The molecule has 0 radical (unpaired) electrons. The summed E-state index contributed by atoms with van der Waals surface area (Å²) in [5.74, 6) is -0.733. The molecule has 1 aliphatic rings. The van der Waals surface area contributed by atoms with Gasteiger partial charge in [-0.1, -0.05) is 36.4 Å². The zero-order valence-corrected chi connectivity index (χ0v) is 17.1. The summed E-state index contributed by atoms with van der Waals surface area (Å²) in [7, 11) is 0. The SMILES string of the molecule is O=C(CCCN1C(=O)c2cccc3cccc(c23)C1=O)Nc1ccccc1I. The van der Waals surface area contributed by atoms with Crippen molar-refractivity contribution in [1.82, 2.24) is 4.90 Å². The molecule has 3 amide bonds. The number of hydrogen-bond donors (Lipinski definition) is 1. The van der Waals surface area contributed by atoms with Gasteiger partial charge in [-0.25, -0.2) is 0 Å². The summed E-state index contributed by atoms with van der Waals surface area (Å²) in [5, 5.41) is 4.47. The molecule has 0 atom stereocenters. The number of nitrogens with zero attached hydrogens (tertiary/aromatic N) is 1. The third kappa shape index (κ3) is 3.40. The first-order valence-electron chi connectivity index (χ1n) is 8.98. The Morgan fingerprint density at radius 2 is 1.54 bits per heavy atom. The number of amides is 3. The maximum absolute atomic E-state index is 12.8. The van der Waals surface area contributed by atoms with E-state index in [4.69, 9.17) is 0 Å². The van der Waals surface area contributed by atoms with Crippen LogP contribution in [0, 0.1) is 3.57 Å². The van der Waals surface area contributed by atoms with E-state index in [-0.39, 0.29) is 30.7 Å². The van der Waals surface area contributed by atoms with E-state index >= 15 is 0 Å². The van der Waals surface area contributed by atoms with Crippen LogP contribution in [0.5, 0.6) is 0 Å². The summed E-state index contributed by atoms with van der Waals surface area (Å²) in [6, 6.07) is 18.5. The lowest BCUT2D eigenvalue weighted by Crippen LogP contribution is -2.41. The molecule has 0 aromatic heterocycles. The Morgan fingerprint density at radius 1 is 0.893 bits per heavy atom. The lowest BCUT2D eigenvalue weighted by atomic mass is 9.94. The fourth-order valence-corrected chi connectivity index (χ4v) is 3.98. The molecule has 0 aliphatic carbocycles. The predicted molar refractivity (Wildman–Crippen MR) is 116 cm³/mol. The Balaban J connectivity index is 1.45. The van der Waals surface area contributed by atoms with Gasteiger partial charge >= 0.3 is 0 Å². The number of benzene rings is 3. The van der Waals surface area contributed by atoms with E-state index in [1.165, 1.54) is 4.90 Å². The van der Waals surface area contributed by atoms with E-state index in [0.29, 0.717) is 22.9 Å². The molecule has 1 aliphatic heterocycles. The van der Waals surface area contributed by atoms with Crippen LogP contribution in [-0.4, -0.2) is 29.2 Å². The van der Waals surface area contributed by atoms with Crippen LogP contribution < -0.4 is 5.32 Å². The Hall–Kier alpha value is -2.74. The maximum Gasteiger partial charge on any atom is 0.261 e. The largest absolute Gasteiger partial charge is 0.325 e. The average Bonchev–Trinajstić information content (AvgIpc) is 2.70. The van der Waals surface area contributed by atoms with Crippen LogP contribution in [0.1, 0.15) is 33.6 Å². The van der Waals surface area contributed by atoms with Gasteiger partial charge in [0.15, 0.2) is 0 Å². The molecule has 140 valence electrons. The third-order valence-electron chi connectivity index (χ3n) is 4.79. The Bertz CT molecular complexity index is 1060. The second kappa shape index (κ2) is 7.71. The normalized spacial score (nSPS) is 13.1. The second-order valence-electron chi connectivity index (χ2n) is 6.60. The monoisotopic (exact) mass is 484 g/mol. The minimum Gasteiger partial charge on any atom is -0.325 e. The highest BCUT2D eigenvalue weighted by Gasteiger charge is 2.32. The number of anilines is 1. The molecule has 28 heavy (non-hydrogen) atoms. The molecule has 0 saturated carbocycles. The number of rotatable bonds is 5. The molecule has 5 nitrogen and oxygen atoms in total. The summed E-state index contributed by atoms with van der Waals surface area (Å²) in [4.78, 5) is 39.1. The number of carbonyl (C=O) groups is 3. The van der Waals surface area contributed by atoms with Crippen LogP contribution in [-0.2, 0) is 4.79 Å². The fourth-order valence-electron chi connectivity index (χ4n) is 3.46. The third-order valence-corrected chi connectivity index (χ3v) is 5.73. The maximum atomic E-state index is 12.8. The molecule has 0 saturated heterocycles. The first-order valence-corrected chi connectivity index (χ1v) is 10.1. The summed E-state index contributed by atoms with van der Waals surface area (Å²) in [6.45, 7) is 0.210. The molecule has 0 fully saturated rings. The number of nitrogens with one attached hydrogen (secondary N) is 1. The molecule has 0 bridgehead atoms.